The van der Waals surface area contributed by atoms with E-state index in [9.17, 15) is 4.79 Å². The van der Waals surface area contributed by atoms with E-state index in [1.165, 1.54) is 0 Å². The molecule has 0 bridgehead atoms. The van der Waals surface area contributed by atoms with Gasteiger partial charge in [-0.3, -0.25) is 4.79 Å². The number of carbonyl (C=O) groups excluding carboxylic acids is 1. The van der Waals surface area contributed by atoms with Gasteiger partial charge in [-0.25, -0.2) is 0 Å². The minimum atomic E-state index is -0.644. The molecule has 0 saturated carbocycles. The highest BCUT2D eigenvalue weighted by Crippen LogP contribution is 2.25. The third-order valence-corrected chi connectivity index (χ3v) is 3.27. The molecule has 0 aliphatic carbocycles. The fraction of sp³-hybridized carbons (Fsp3) is 0.467. The molecule has 0 radical (unpaired) electrons. The van der Waals surface area contributed by atoms with Crippen LogP contribution in [0.5, 0.6) is 5.75 Å². The van der Waals surface area contributed by atoms with Crippen LogP contribution in [0.15, 0.2) is 24.3 Å². The molecule has 106 valence electrons. The van der Waals surface area contributed by atoms with E-state index < -0.39 is 6.10 Å². The van der Waals surface area contributed by atoms with E-state index in [1.807, 2.05) is 6.07 Å². The second kappa shape index (κ2) is 5.93. The molecule has 20 heavy (non-hydrogen) atoms. The van der Waals surface area contributed by atoms with Crippen molar-refractivity contribution in [2.24, 2.45) is 5.41 Å². The van der Waals surface area contributed by atoms with Gasteiger partial charge in [-0.2, -0.15) is 5.26 Å². The molecule has 5 heteroatoms. The molecular weight excluding hydrogens is 256 g/mol. The second-order valence-corrected chi connectivity index (χ2v) is 5.39. The number of nitriles is 1. The minimum Gasteiger partial charge on any atom is -0.480 e. The summed E-state index contributed by atoms with van der Waals surface area (Å²) in [5, 5.41) is 11.8. The molecule has 1 aromatic rings. The van der Waals surface area contributed by atoms with E-state index in [-0.39, 0.29) is 11.3 Å². The Balaban J connectivity index is 1.89. The summed E-state index contributed by atoms with van der Waals surface area (Å²) in [4.78, 5) is 12.0. The van der Waals surface area contributed by atoms with Crippen molar-refractivity contribution in [3.8, 4) is 11.8 Å². The van der Waals surface area contributed by atoms with Crippen LogP contribution in [-0.2, 0) is 9.53 Å². The van der Waals surface area contributed by atoms with Crippen molar-refractivity contribution in [2.75, 3.05) is 19.8 Å². The van der Waals surface area contributed by atoms with Crippen molar-refractivity contribution in [1.29, 1.82) is 5.26 Å². The first-order valence-corrected chi connectivity index (χ1v) is 6.55. The van der Waals surface area contributed by atoms with Gasteiger partial charge in [-0.1, -0.05) is 19.1 Å². The van der Waals surface area contributed by atoms with Gasteiger partial charge in [-0.05, 0) is 19.1 Å². The van der Waals surface area contributed by atoms with E-state index >= 15 is 0 Å². The Morgan fingerprint density at radius 1 is 1.55 bits per heavy atom. The number of carbonyl (C=O) groups is 1. The molecular formula is C15H18N2O3. The molecule has 1 atom stereocenters. The topological polar surface area (TPSA) is 71.3 Å². The van der Waals surface area contributed by atoms with Crippen LogP contribution in [0, 0.1) is 16.7 Å². The summed E-state index contributed by atoms with van der Waals surface area (Å²) in [6, 6.07) is 8.91. The number of rotatable bonds is 5. The summed E-state index contributed by atoms with van der Waals surface area (Å²) < 4.78 is 10.7. The van der Waals surface area contributed by atoms with Crippen molar-refractivity contribution in [3.05, 3.63) is 29.8 Å². The van der Waals surface area contributed by atoms with Crippen molar-refractivity contribution >= 4 is 5.91 Å². The van der Waals surface area contributed by atoms with Crippen molar-refractivity contribution in [1.82, 2.24) is 5.32 Å². The van der Waals surface area contributed by atoms with Gasteiger partial charge in [0, 0.05) is 12.0 Å². The highest BCUT2D eigenvalue weighted by molar-refractivity contribution is 5.80. The zero-order valence-electron chi connectivity index (χ0n) is 11.7. The van der Waals surface area contributed by atoms with Crippen molar-refractivity contribution in [2.45, 2.75) is 20.0 Å². The number of amides is 1. The lowest BCUT2D eigenvalue weighted by Gasteiger charge is -2.38. The summed E-state index contributed by atoms with van der Waals surface area (Å²) in [7, 11) is 0. The average molecular weight is 274 g/mol. The highest BCUT2D eigenvalue weighted by atomic mass is 16.5. The summed E-state index contributed by atoms with van der Waals surface area (Å²) in [6.07, 6.45) is -0.644. The van der Waals surface area contributed by atoms with Gasteiger partial charge >= 0.3 is 0 Å². The van der Waals surface area contributed by atoms with Gasteiger partial charge < -0.3 is 14.8 Å². The zero-order chi connectivity index (χ0) is 14.6. The van der Waals surface area contributed by atoms with Gasteiger partial charge in [0.05, 0.1) is 18.8 Å². The predicted molar refractivity (Wildman–Crippen MR) is 73.2 cm³/mol. The molecule has 1 aliphatic rings. The van der Waals surface area contributed by atoms with E-state index in [2.05, 4.69) is 12.2 Å². The fourth-order valence-corrected chi connectivity index (χ4v) is 1.90. The zero-order valence-corrected chi connectivity index (χ0v) is 11.7. The quantitative estimate of drug-likeness (QED) is 0.882. The summed E-state index contributed by atoms with van der Waals surface area (Å²) in [6.45, 7) is 5.63. The Hall–Kier alpha value is -2.06. The Kier molecular flexibility index (Phi) is 4.26. The summed E-state index contributed by atoms with van der Waals surface area (Å²) in [5.41, 5.74) is 0.450. The molecule has 1 aromatic carbocycles. The van der Waals surface area contributed by atoms with Gasteiger partial charge in [0.2, 0.25) is 0 Å². The predicted octanol–water partition coefficient (Wildman–Crippen LogP) is 1.48. The van der Waals surface area contributed by atoms with Crippen LogP contribution >= 0.6 is 0 Å². The molecule has 1 saturated heterocycles. The average Bonchev–Trinajstić information content (AvgIpc) is 2.43. The van der Waals surface area contributed by atoms with Crippen LogP contribution < -0.4 is 10.1 Å². The molecule has 2 rings (SSSR count). The lowest BCUT2D eigenvalue weighted by atomic mass is 9.89. The number of hydrogen-bond acceptors (Lipinski definition) is 4. The van der Waals surface area contributed by atoms with Crippen LogP contribution in [0.1, 0.15) is 19.4 Å². The molecule has 1 amide bonds. The largest absolute Gasteiger partial charge is 0.480 e. The van der Waals surface area contributed by atoms with E-state index in [4.69, 9.17) is 14.7 Å². The van der Waals surface area contributed by atoms with Crippen molar-refractivity contribution in [3.63, 3.8) is 0 Å². The van der Waals surface area contributed by atoms with E-state index in [0.29, 0.717) is 31.1 Å². The van der Waals surface area contributed by atoms with Gasteiger partial charge in [0.15, 0.2) is 6.10 Å². The Bertz CT molecular complexity index is 532. The molecule has 1 aliphatic heterocycles. The van der Waals surface area contributed by atoms with Crippen LogP contribution in [0.4, 0.5) is 0 Å². The number of nitrogens with zero attached hydrogens (tertiary/aromatic N) is 1. The number of hydrogen-bond donors (Lipinski definition) is 1. The molecule has 5 nitrogen and oxygen atoms in total. The number of ether oxygens (including phenoxy) is 2. The SMILES string of the molecule is CC(Oc1ccccc1C#N)C(=O)NCC1(C)COC1. The van der Waals surface area contributed by atoms with Crippen LogP contribution in [0.3, 0.4) is 0 Å². The number of para-hydroxylation sites is 1. The highest BCUT2D eigenvalue weighted by Gasteiger charge is 2.34. The molecule has 0 aromatic heterocycles. The normalized spacial score (nSPS) is 17.4. The van der Waals surface area contributed by atoms with E-state index in [0.717, 1.165) is 0 Å². The smallest absolute Gasteiger partial charge is 0.260 e. The third kappa shape index (κ3) is 3.28. The maximum atomic E-state index is 12.0. The maximum absolute atomic E-state index is 12.0. The van der Waals surface area contributed by atoms with Crippen LogP contribution in [-0.4, -0.2) is 31.8 Å². The van der Waals surface area contributed by atoms with Gasteiger partial charge in [0.1, 0.15) is 11.8 Å². The standard InChI is InChI=1S/C15H18N2O3/c1-11(14(18)17-8-15(2)9-19-10-15)20-13-6-4-3-5-12(13)7-16/h3-6,11H,8-10H2,1-2H3,(H,17,18). The van der Waals surface area contributed by atoms with Crippen LogP contribution in [0.25, 0.3) is 0 Å². The Labute approximate surface area is 118 Å². The monoisotopic (exact) mass is 274 g/mol. The second-order valence-electron chi connectivity index (χ2n) is 5.39. The van der Waals surface area contributed by atoms with Gasteiger partial charge in [-0.15, -0.1) is 0 Å². The first kappa shape index (κ1) is 14.4. The summed E-state index contributed by atoms with van der Waals surface area (Å²) >= 11 is 0. The molecule has 1 heterocycles. The number of benzene rings is 1. The van der Waals surface area contributed by atoms with Crippen molar-refractivity contribution < 1.29 is 14.3 Å². The van der Waals surface area contributed by atoms with E-state index in [1.54, 1.807) is 31.2 Å². The fourth-order valence-electron chi connectivity index (χ4n) is 1.90. The first-order valence-electron chi connectivity index (χ1n) is 6.55. The lowest BCUT2D eigenvalue weighted by Crippen LogP contribution is -2.50. The molecule has 1 fully saturated rings. The number of nitrogens with one attached hydrogen (secondary N) is 1. The van der Waals surface area contributed by atoms with Crippen LogP contribution in [0.2, 0.25) is 0 Å². The first-order chi connectivity index (χ1) is 9.54. The molecule has 1 N–H and O–H groups in total. The molecule has 1 unspecified atom stereocenters. The Morgan fingerprint density at radius 3 is 2.85 bits per heavy atom. The maximum Gasteiger partial charge on any atom is 0.260 e. The molecule has 0 spiro atoms. The lowest BCUT2D eigenvalue weighted by molar-refractivity contribution is -0.132. The Morgan fingerprint density at radius 2 is 2.25 bits per heavy atom. The minimum absolute atomic E-state index is 0.0277. The van der Waals surface area contributed by atoms with Gasteiger partial charge in [0.25, 0.3) is 5.91 Å². The summed E-state index contributed by atoms with van der Waals surface area (Å²) in [5.74, 6) is 0.238. The third-order valence-electron chi connectivity index (χ3n) is 3.27.